The molecule has 90 valence electrons. The summed E-state index contributed by atoms with van der Waals surface area (Å²) >= 11 is 0. The molecule has 0 aliphatic carbocycles. The van der Waals surface area contributed by atoms with Gasteiger partial charge in [-0.25, -0.2) is 4.39 Å². The van der Waals surface area contributed by atoms with Crippen molar-refractivity contribution in [3.05, 3.63) is 33.6 Å². The molecule has 0 fully saturated rings. The van der Waals surface area contributed by atoms with Crippen molar-refractivity contribution in [3.63, 3.8) is 0 Å². The van der Waals surface area contributed by atoms with Gasteiger partial charge in [-0.3, -0.25) is 10.1 Å². The summed E-state index contributed by atoms with van der Waals surface area (Å²) < 4.78 is 13.0. The standard InChI is InChI=1S/C9H7FN2O5/c10-4-1-5(9(15)7(13)3-11)8(14)6(2-4)12(16)17/h1-2,7,9,13-15H. The van der Waals surface area contributed by atoms with E-state index in [2.05, 4.69) is 0 Å². The van der Waals surface area contributed by atoms with E-state index < -0.39 is 39.9 Å². The number of halogens is 1. The van der Waals surface area contributed by atoms with E-state index in [1.165, 1.54) is 6.07 Å². The molecule has 17 heavy (non-hydrogen) atoms. The van der Waals surface area contributed by atoms with Crippen molar-refractivity contribution in [1.82, 2.24) is 0 Å². The van der Waals surface area contributed by atoms with Gasteiger partial charge in [0.25, 0.3) is 0 Å². The average molecular weight is 242 g/mol. The van der Waals surface area contributed by atoms with Gasteiger partial charge in [-0.15, -0.1) is 0 Å². The number of benzene rings is 1. The van der Waals surface area contributed by atoms with E-state index >= 15 is 0 Å². The van der Waals surface area contributed by atoms with Crippen LogP contribution in [0.15, 0.2) is 12.1 Å². The van der Waals surface area contributed by atoms with Gasteiger partial charge in [0.2, 0.25) is 5.75 Å². The minimum Gasteiger partial charge on any atom is -0.502 e. The molecule has 0 aliphatic rings. The first kappa shape index (κ1) is 12.8. The van der Waals surface area contributed by atoms with Gasteiger partial charge in [0, 0.05) is 5.56 Å². The van der Waals surface area contributed by atoms with E-state index in [4.69, 9.17) is 10.4 Å². The Hall–Kier alpha value is -2.24. The van der Waals surface area contributed by atoms with E-state index in [0.717, 1.165) is 0 Å². The Kier molecular flexibility index (Phi) is 3.57. The lowest BCUT2D eigenvalue weighted by atomic mass is 10.0. The predicted octanol–water partition coefficient (Wildman–Crippen LogP) is 0.357. The van der Waals surface area contributed by atoms with Gasteiger partial charge >= 0.3 is 5.69 Å². The van der Waals surface area contributed by atoms with Crippen molar-refractivity contribution in [3.8, 4) is 11.8 Å². The van der Waals surface area contributed by atoms with Crippen LogP contribution in [0.25, 0.3) is 0 Å². The van der Waals surface area contributed by atoms with Crippen molar-refractivity contribution in [1.29, 1.82) is 5.26 Å². The smallest absolute Gasteiger partial charge is 0.314 e. The van der Waals surface area contributed by atoms with Crippen molar-refractivity contribution < 1.29 is 24.6 Å². The summed E-state index contributed by atoms with van der Waals surface area (Å²) in [6, 6.07) is 2.33. The first-order valence-electron chi connectivity index (χ1n) is 4.31. The quantitative estimate of drug-likeness (QED) is 0.398. The Morgan fingerprint density at radius 3 is 2.53 bits per heavy atom. The Labute approximate surface area is 94.1 Å². The number of nitriles is 1. The molecular weight excluding hydrogens is 235 g/mol. The third-order valence-electron chi connectivity index (χ3n) is 2.03. The summed E-state index contributed by atoms with van der Waals surface area (Å²) in [4.78, 5) is 9.41. The molecule has 0 aliphatic heterocycles. The SMILES string of the molecule is N#CC(O)C(O)c1cc(F)cc([N+](=O)[O-])c1O. The fourth-order valence-corrected chi connectivity index (χ4v) is 1.21. The number of nitro benzene ring substituents is 1. The summed E-state index contributed by atoms with van der Waals surface area (Å²) in [6.45, 7) is 0. The van der Waals surface area contributed by atoms with Crippen molar-refractivity contribution >= 4 is 5.69 Å². The van der Waals surface area contributed by atoms with E-state index in [0.29, 0.717) is 12.1 Å². The molecule has 7 nitrogen and oxygen atoms in total. The maximum atomic E-state index is 13.0. The molecule has 1 aromatic rings. The highest BCUT2D eigenvalue weighted by atomic mass is 19.1. The summed E-state index contributed by atoms with van der Waals surface area (Å²) in [6.07, 6.45) is -3.86. The number of aliphatic hydroxyl groups excluding tert-OH is 2. The highest BCUT2D eigenvalue weighted by Gasteiger charge is 2.27. The highest BCUT2D eigenvalue weighted by molar-refractivity contribution is 5.52. The van der Waals surface area contributed by atoms with E-state index in [-0.39, 0.29) is 0 Å². The third kappa shape index (κ3) is 2.47. The van der Waals surface area contributed by atoms with Gasteiger partial charge in [-0.05, 0) is 6.07 Å². The number of phenols is 1. The zero-order chi connectivity index (χ0) is 13.2. The molecule has 0 saturated heterocycles. The predicted molar refractivity (Wildman–Crippen MR) is 51.3 cm³/mol. The zero-order valence-corrected chi connectivity index (χ0v) is 8.24. The van der Waals surface area contributed by atoms with Crippen LogP contribution >= 0.6 is 0 Å². The first-order chi connectivity index (χ1) is 7.88. The molecule has 0 amide bonds. The Morgan fingerprint density at radius 2 is 2.06 bits per heavy atom. The minimum absolute atomic E-state index is 0.463. The van der Waals surface area contributed by atoms with Crippen LogP contribution in [-0.4, -0.2) is 26.3 Å². The molecule has 0 spiro atoms. The molecule has 1 rings (SSSR count). The number of rotatable bonds is 3. The summed E-state index contributed by atoms with van der Waals surface area (Å²) in [5, 5.41) is 46.6. The first-order valence-corrected chi connectivity index (χ1v) is 4.31. The molecule has 3 N–H and O–H groups in total. The van der Waals surface area contributed by atoms with Gasteiger partial charge in [0.1, 0.15) is 11.9 Å². The molecule has 0 heterocycles. The van der Waals surface area contributed by atoms with E-state index in [1.54, 1.807) is 0 Å². The van der Waals surface area contributed by atoms with Gasteiger partial charge < -0.3 is 15.3 Å². The summed E-state index contributed by atoms with van der Waals surface area (Å²) in [5.41, 5.74) is -1.57. The number of aliphatic hydroxyl groups is 2. The van der Waals surface area contributed by atoms with Gasteiger partial charge in [0.15, 0.2) is 6.10 Å². The number of nitro groups is 1. The number of hydrogen-bond donors (Lipinski definition) is 3. The molecule has 0 bridgehead atoms. The topological polar surface area (TPSA) is 128 Å². The van der Waals surface area contributed by atoms with Crippen LogP contribution in [0.5, 0.6) is 5.75 Å². The lowest BCUT2D eigenvalue weighted by Crippen LogP contribution is -2.16. The highest BCUT2D eigenvalue weighted by Crippen LogP contribution is 2.35. The maximum Gasteiger partial charge on any atom is 0.314 e. The van der Waals surface area contributed by atoms with Crippen molar-refractivity contribution in [2.45, 2.75) is 12.2 Å². The molecule has 0 saturated carbocycles. The summed E-state index contributed by atoms with van der Waals surface area (Å²) in [5.74, 6) is -2.06. The van der Waals surface area contributed by atoms with Gasteiger partial charge in [0.05, 0.1) is 17.1 Å². The number of hydrogen-bond acceptors (Lipinski definition) is 6. The van der Waals surface area contributed by atoms with Gasteiger partial charge in [-0.1, -0.05) is 0 Å². The average Bonchev–Trinajstić information content (AvgIpc) is 2.29. The van der Waals surface area contributed by atoms with E-state index in [9.17, 15) is 24.7 Å². The largest absolute Gasteiger partial charge is 0.502 e. The van der Waals surface area contributed by atoms with Crippen molar-refractivity contribution in [2.24, 2.45) is 0 Å². The lowest BCUT2D eigenvalue weighted by Gasteiger charge is -2.13. The minimum atomic E-state index is -1.94. The third-order valence-corrected chi connectivity index (χ3v) is 2.03. The zero-order valence-electron chi connectivity index (χ0n) is 8.24. The molecular formula is C9H7FN2O5. The van der Waals surface area contributed by atoms with Crippen LogP contribution in [0.4, 0.5) is 10.1 Å². The second-order valence-electron chi connectivity index (χ2n) is 3.14. The van der Waals surface area contributed by atoms with Gasteiger partial charge in [-0.2, -0.15) is 5.26 Å². The number of nitrogens with zero attached hydrogens (tertiary/aromatic N) is 2. The second-order valence-corrected chi connectivity index (χ2v) is 3.14. The molecule has 0 radical (unpaired) electrons. The molecule has 2 unspecified atom stereocenters. The van der Waals surface area contributed by atoms with Crippen LogP contribution in [0.1, 0.15) is 11.7 Å². The Balaban J connectivity index is 3.35. The fourth-order valence-electron chi connectivity index (χ4n) is 1.21. The molecule has 8 heteroatoms. The van der Waals surface area contributed by atoms with E-state index in [1.807, 2.05) is 0 Å². The monoisotopic (exact) mass is 242 g/mol. The van der Waals surface area contributed by atoms with Crippen LogP contribution < -0.4 is 0 Å². The number of aromatic hydroxyl groups is 1. The maximum absolute atomic E-state index is 13.0. The second kappa shape index (κ2) is 4.73. The fraction of sp³-hybridized carbons (Fsp3) is 0.222. The normalized spacial score (nSPS) is 13.8. The van der Waals surface area contributed by atoms with Crippen LogP contribution in [0.3, 0.4) is 0 Å². The van der Waals surface area contributed by atoms with Crippen LogP contribution in [0, 0.1) is 27.3 Å². The van der Waals surface area contributed by atoms with Crippen LogP contribution in [-0.2, 0) is 0 Å². The molecule has 0 aromatic heterocycles. The van der Waals surface area contributed by atoms with Crippen molar-refractivity contribution in [2.75, 3.05) is 0 Å². The molecule has 2 atom stereocenters. The molecule has 1 aromatic carbocycles. The number of phenolic OH excluding ortho intramolecular Hbond substituents is 1. The summed E-state index contributed by atoms with van der Waals surface area (Å²) in [7, 11) is 0. The Bertz CT molecular complexity index is 499. The lowest BCUT2D eigenvalue weighted by molar-refractivity contribution is -0.386. The van der Waals surface area contributed by atoms with Crippen LogP contribution in [0.2, 0.25) is 0 Å². The Morgan fingerprint density at radius 1 is 1.47 bits per heavy atom.